The third kappa shape index (κ3) is 4.70. The summed E-state index contributed by atoms with van der Waals surface area (Å²) in [5.41, 5.74) is 0.667. The van der Waals surface area contributed by atoms with E-state index in [9.17, 15) is 32.8 Å². The lowest BCUT2D eigenvalue weighted by molar-refractivity contribution is -0.176. The van der Waals surface area contributed by atoms with E-state index in [0.29, 0.717) is 11.1 Å². The van der Waals surface area contributed by atoms with Crippen molar-refractivity contribution in [2.75, 3.05) is 6.54 Å². The highest BCUT2D eigenvalue weighted by Gasteiger charge is 2.70. The van der Waals surface area contributed by atoms with Gasteiger partial charge in [-0.15, -0.1) is 0 Å². The van der Waals surface area contributed by atoms with E-state index in [-0.39, 0.29) is 23.8 Å². The summed E-state index contributed by atoms with van der Waals surface area (Å²) < 4.78 is 39.1. The predicted molar refractivity (Wildman–Crippen MR) is 131 cm³/mol. The molecular formula is C26H31F3N6O3. The molecule has 204 valence electrons. The number of nitrogens with one attached hydrogen (secondary N) is 3. The van der Waals surface area contributed by atoms with Crippen LogP contribution in [0.15, 0.2) is 18.2 Å². The van der Waals surface area contributed by atoms with E-state index in [4.69, 9.17) is 0 Å². The van der Waals surface area contributed by atoms with Crippen LogP contribution in [0.25, 0.3) is 10.9 Å². The first-order valence-electron chi connectivity index (χ1n) is 12.3. The Morgan fingerprint density at radius 1 is 1.21 bits per heavy atom. The van der Waals surface area contributed by atoms with Gasteiger partial charge in [0.05, 0.1) is 11.6 Å². The molecule has 2 fully saturated rings. The lowest BCUT2D eigenvalue weighted by atomic mass is 9.85. The van der Waals surface area contributed by atoms with Gasteiger partial charge in [0.15, 0.2) is 0 Å². The summed E-state index contributed by atoms with van der Waals surface area (Å²) in [6.45, 7) is 10.6. The molecule has 2 aromatic rings. The molecule has 1 aliphatic heterocycles. The number of amides is 3. The molecule has 12 heteroatoms. The first-order valence-corrected chi connectivity index (χ1v) is 12.3. The zero-order valence-corrected chi connectivity index (χ0v) is 22.0. The van der Waals surface area contributed by atoms with Gasteiger partial charge in [0, 0.05) is 17.6 Å². The quantitative estimate of drug-likeness (QED) is 0.545. The zero-order chi connectivity index (χ0) is 28.4. The van der Waals surface area contributed by atoms with Crippen LogP contribution in [-0.2, 0) is 14.4 Å². The maximum absolute atomic E-state index is 13.6. The minimum Gasteiger partial charge on any atom is -0.336 e. The molecule has 1 saturated heterocycles. The molecule has 1 aromatic heterocycles. The molecule has 2 heterocycles. The number of nitrogens with zero attached hydrogens (tertiary/aromatic N) is 3. The summed E-state index contributed by atoms with van der Waals surface area (Å²) in [7, 11) is 0. The maximum atomic E-state index is 13.6. The zero-order valence-electron chi connectivity index (χ0n) is 22.0. The van der Waals surface area contributed by atoms with Crippen molar-refractivity contribution < 1.29 is 27.6 Å². The topological polar surface area (TPSA) is 131 Å². The van der Waals surface area contributed by atoms with Crippen molar-refractivity contribution >= 4 is 28.6 Å². The van der Waals surface area contributed by atoms with Gasteiger partial charge in [-0.2, -0.15) is 23.5 Å². The van der Waals surface area contributed by atoms with Crippen molar-refractivity contribution in [1.82, 2.24) is 25.7 Å². The van der Waals surface area contributed by atoms with E-state index >= 15 is 0 Å². The number of piperidine rings is 1. The van der Waals surface area contributed by atoms with Gasteiger partial charge in [0.25, 0.3) is 0 Å². The number of aromatic amines is 1. The smallest absolute Gasteiger partial charge is 0.336 e. The van der Waals surface area contributed by atoms with Crippen LogP contribution >= 0.6 is 0 Å². The van der Waals surface area contributed by atoms with E-state index in [1.807, 2.05) is 26.1 Å². The number of halogens is 3. The van der Waals surface area contributed by atoms with Crippen LogP contribution in [0.4, 0.5) is 13.2 Å². The van der Waals surface area contributed by atoms with Crippen LogP contribution < -0.4 is 10.6 Å². The third-order valence-corrected chi connectivity index (χ3v) is 7.92. The summed E-state index contributed by atoms with van der Waals surface area (Å²) >= 11 is 0. The van der Waals surface area contributed by atoms with Crippen LogP contribution in [0.2, 0.25) is 0 Å². The Balaban J connectivity index is 1.60. The number of H-pyrrole nitrogens is 1. The van der Waals surface area contributed by atoms with Crippen LogP contribution in [0.5, 0.6) is 0 Å². The van der Waals surface area contributed by atoms with Gasteiger partial charge in [-0.1, -0.05) is 46.8 Å². The minimum atomic E-state index is -5.16. The van der Waals surface area contributed by atoms with Gasteiger partial charge >= 0.3 is 12.1 Å². The number of fused-ring (bicyclic) bond motifs is 2. The summed E-state index contributed by atoms with van der Waals surface area (Å²) in [5.74, 6) is -3.83. The van der Waals surface area contributed by atoms with Crippen LogP contribution in [0, 0.1) is 40.9 Å². The maximum Gasteiger partial charge on any atom is 0.471 e. The van der Waals surface area contributed by atoms with Gasteiger partial charge in [0.1, 0.15) is 18.1 Å². The molecular weight excluding hydrogens is 501 g/mol. The number of likely N-dealkylation sites (tertiary alicyclic amines) is 1. The van der Waals surface area contributed by atoms with Gasteiger partial charge in [-0.3, -0.25) is 19.5 Å². The van der Waals surface area contributed by atoms with Crippen molar-refractivity contribution in [3.05, 3.63) is 29.5 Å². The number of benzene rings is 1. The fourth-order valence-corrected chi connectivity index (χ4v) is 5.60. The van der Waals surface area contributed by atoms with Crippen molar-refractivity contribution in [3.8, 4) is 6.07 Å². The lowest BCUT2D eigenvalue weighted by Crippen LogP contribution is -2.60. The average molecular weight is 533 g/mol. The number of carbonyl (C=O) groups is 3. The van der Waals surface area contributed by atoms with E-state index in [1.165, 1.54) is 4.90 Å². The first kappa shape index (κ1) is 27.4. The second-order valence-electron chi connectivity index (χ2n) is 11.9. The number of nitriles is 1. The highest BCUT2D eigenvalue weighted by atomic mass is 19.4. The summed E-state index contributed by atoms with van der Waals surface area (Å²) in [4.78, 5) is 40.2. The largest absolute Gasteiger partial charge is 0.471 e. The molecule has 5 atom stereocenters. The van der Waals surface area contributed by atoms with Crippen LogP contribution in [0.1, 0.15) is 51.9 Å². The Kier molecular flexibility index (Phi) is 6.49. The number of rotatable bonds is 5. The molecule has 1 unspecified atom stereocenters. The molecule has 38 heavy (non-hydrogen) atoms. The molecule has 3 amide bonds. The lowest BCUT2D eigenvalue weighted by Gasteiger charge is -2.37. The standard InChI is InChI=1S/C26H31F3N6O3/c1-12-14-8-7-13(9-16(14)34-33-12)17(10-30)31-21(36)19-18-15(25(18,5)6)11-35(19)22(37)20(24(2,3)4)32-23(38)26(27,28)29/h7-9,15,17-20H,11H2,1-6H3,(H,31,36)(H,32,38)(H,33,34)/t15-,17?,18-,19-,20+/m0/s1. The van der Waals surface area contributed by atoms with Gasteiger partial charge in [-0.25, -0.2) is 0 Å². The molecule has 1 aromatic carbocycles. The summed E-state index contributed by atoms with van der Waals surface area (Å²) in [6, 6.07) is 3.72. The SMILES string of the molecule is Cc1[nH]nc2cc(C(C#N)NC(=O)[C@@H]3[C@@H]4[C@H](CN3C(=O)[C@@H](NC(=O)C(F)(F)F)C(C)(C)C)C4(C)C)ccc12. The molecule has 0 bridgehead atoms. The van der Waals surface area contributed by atoms with E-state index in [2.05, 4.69) is 21.6 Å². The molecule has 0 radical (unpaired) electrons. The number of alkyl halides is 3. The number of hydrogen-bond donors (Lipinski definition) is 3. The molecule has 3 N–H and O–H groups in total. The number of hydrogen-bond acceptors (Lipinski definition) is 5. The molecule has 0 spiro atoms. The Morgan fingerprint density at radius 2 is 1.87 bits per heavy atom. The second kappa shape index (κ2) is 8.99. The van der Waals surface area contributed by atoms with Crippen molar-refractivity contribution in [1.29, 1.82) is 5.26 Å². The Labute approximate surface area is 218 Å². The Bertz CT molecular complexity index is 1340. The van der Waals surface area contributed by atoms with Crippen LogP contribution in [0.3, 0.4) is 0 Å². The molecule has 2 aliphatic rings. The fraction of sp³-hybridized carbons (Fsp3) is 0.577. The fourth-order valence-electron chi connectivity index (χ4n) is 5.60. The third-order valence-electron chi connectivity index (χ3n) is 7.92. The van der Waals surface area contributed by atoms with Gasteiger partial charge < -0.3 is 15.5 Å². The summed E-state index contributed by atoms with van der Waals surface area (Å²) in [5, 5.41) is 22.3. The van der Waals surface area contributed by atoms with Gasteiger partial charge in [-0.05, 0) is 41.2 Å². The number of carbonyl (C=O) groups excluding carboxylic acids is 3. The normalized spacial score (nSPS) is 23.8. The molecule has 4 rings (SSSR count). The highest BCUT2D eigenvalue weighted by molar-refractivity contribution is 5.95. The predicted octanol–water partition coefficient (Wildman–Crippen LogP) is 3.13. The number of aromatic nitrogens is 2. The second-order valence-corrected chi connectivity index (χ2v) is 11.9. The van der Waals surface area contributed by atoms with E-state index in [1.54, 1.807) is 39.0 Å². The molecule has 1 aliphatic carbocycles. The monoisotopic (exact) mass is 532 g/mol. The highest BCUT2D eigenvalue weighted by Crippen LogP contribution is 2.65. The van der Waals surface area contributed by atoms with E-state index in [0.717, 1.165) is 11.1 Å². The molecule has 9 nitrogen and oxygen atoms in total. The number of aryl methyl sites for hydroxylation is 1. The molecule has 1 saturated carbocycles. The Hall–Kier alpha value is -3.62. The first-order chi connectivity index (χ1) is 17.5. The average Bonchev–Trinajstić information content (AvgIpc) is 3.15. The summed E-state index contributed by atoms with van der Waals surface area (Å²) in [6.07, 6.45) is -5.16. The van der Waals surface area contributed by atoms with Crippen molar-refractivity contribution in [2.24, 2.45) is 22.7 Å². The van der Waals surface area contributed by atoms with Gasteiger partial charge in [0.2, 0.25) is 11.8 Å². The van der Waals surface area contributed by atoms with Crippen molar-refractivity contribution in [2.45, 2.75) is 65.8 Å². The van der Waals surface area contributed by atoms with Crippen LogP contribution in [-0.4, -0.2) is 57.6 Å². The van der Waals surface area contributed by atoms with E-state index < -0.39 is 47.4 Å². The van der Waals surface area contributed by atoms with Crippen molar-refractivity contribution in [3.63, 3.8) is 0 Å². The minimum absolute atomic E-state index is 0.0370. The Morgan fingerprint density at radius 3 is 2.45 bits per heavy atom.